The molecule has 0 atom stereocenters. The fourth-order valence-corrected chi connectivity index (χ4v) is 1.99. The summed E-state index contributed by atoms with van der Waals surface area (Å²) in [7, 11) is 2.76. The molecular formula is C17H24N2O7. The normalized spacial score (nSPS) is 10.8. The van der Waals surface area contributed by atoms with Crippen molar-refractivity contribution in [3.05, 3.63) is 17.7 Å². The fourth-order valence-electron chi connectivity index (χ4n) is 1.99. The number of hydrogen-bond donors (Lipinski definition) is 3. The van der Waals surface area contributed by atoms with Crippen molar-refractivity contribution < 1.29 is 33.7 Å². The zero-order chi connectivity index (χ0) is 19.9. The van der Waals surface area contributed by atoms with Gasteiger partial charge in [-0.25, -0.2) is 0 Å². The molecule has 0 aliphatic rings. The van der Waals surface area contributed by atoms with Gasteiger partial charge in [-0.05, 0) is 32.4 Å². The minimum Gasteiger partial charge on any atom is -0.493 e. The molecule has 9 nitrogen and oxygen atoms in total. The summed E-state index contributed by atoms with van der Waals surface area (Å²) in [4.78, 5) is 34.3. The smallest absolute Gasteiger partial charge is 0.309 e. The Hall–Kier alpha value is -2.97. The first-order valence-electron chi connectivity index (χ1n) is 7.81. The molecule has 1 aromatic carbocycles. The highest BCUT2D eigenvalue weighted by atomic mass is 16.5. The van der Waals surface area contributed by atoms with E-state index in [0.29, 0.717) is 0 Å². The predicted octanol–water partition coefficient (Wildman–Crippen LogP) is 0.799. The molecule has 0 saturated carbocycles. The molecule has 2 amide bonds. The third kappa shape index (κ3) is 5.54. The number of benzene rings is 1. The van der Waals surface area contributed by atoms with E-state index in [9.17, 15) is 14.4 Å². The summed E-state index contributed by atoms with van der Waals surface area (Å²) in [5.41, 5.74) is 4.35. The van der Waals surface area contributed by atoms with Crippen LogP contribution < -0.4 is 25.3 Å². The van der Waals surface area contributed by atoms with Gasteiger partial charge < -0.3 is 30.4 Å². The van der Waals surface area contributed by atoms with Crippen LogP contribution in [0.25, 0.3) is 0 Å². The Balaban J connectivity index is 2.93. The minimum absolute atomic E-state index is 0.150. The van der Waals surface area contributed by atoms with E-state index in [-0.39, 0.29) is 42.4 Å². The maximum Gasteiger partial charge on any atom is 0.309 e. The van der Waals surface area contributed by atoms with Gasteiger partial charge in [0.25, 0.3) is 11.8 Å². The van der Waals surface area contributed by atoms with Gasteiger partial charge in [0.1, 0.15) is 0 Å². The van der Waals surface area contributed by atoms with Gasteiger partial charge in [-0.3, -0.25) is 14.4 Å². The number of hydrogen-bond acceptors (Lipinski definition) is 6. The lowest BCUT2D eigenvalue weighted by Gasteiger charge is -2.19. The average Bonchev–Trinajstić information content (AvgIpc) is 2.58. The van der Waals surface area contributed by atoms with Gasteiger partial charge in [0.2, 0.25) is 5.75 Å². The Bertz CT molecular complexity index is 661. The Morgan fingerprint density at radius 1 is 1.15 bits per heavy atom. The number of carbonyl (C=O) groups excluding carboxylic acids is 2. The van der Waals surface area contributed by atoms with Crippen molar-refractivity contribution in [3.63, 3.8) is 0 Å². The molecule has 144 valence electrons. The Labute approximate surface area is 151 Å². The summed E-state index contributed by atoms with van der Waals surface area (Å²) >= 11 is 0. The van der Waals surface area contributed by atoms with Gasteiger partial charge >= 0.3 is 5.97 Å². The maximum atomic E-state index is 12.3. The second-order valence-electron chi connectivity index (χ2n) is 6.16. The van der Waals surface area contributed by atoms with Gasteiger partial charge in [0, 0.05) is 12.1 Å². The van der Waals surface area contributed by atoms with Crippen LogP contribution in [-0.4, -0.2) is 50.3 Å². The van der Waals surface area contributed by atoms with Crippen LogP contribution in [0.4, 0.5) is 0 Å². The summed E-state index contributed by atoms with van der Waals surface area (Å²) in [6.07, 6.45) is 0.266. The van der Waals surface area contributed by atoms with E-state index in [1.807, 2.05) is 0 Å². The molecule has 0 radical (unpaired) electrons. The second kappa shape index (κ2) is 8.93. The van der Waals surface area contributed by atoms with Crippen molar-refractivity contribution >= 4 is 17.8 Å². The monoisotopic (exact) mass is 368 g/mol. The Kier molecular flexibility index (Phi) is 7.24. The van der Waals surface area contributed by atoms with Crippen molar-refractivity contribution in [2.45, 2.75) is 20.3 Å². The van der Waals surface area contributed by atoms with Crippen LogP contribution in [0.2, 0.25) is 0 Å². The highest BCUT2D eigenvalue weighted by Crippen LogP contribution is 2.38. The first-order valence-corrected chi connectivity index (χ1v) is 7.81. The largest absolute Gasteiger partial charge is 0.493 e. The molecule has 26 heavy (non-hydrogen) atoms. The lowest BCUT2D eigenvalue weighted by atomic mass is 9.90. The van der Waals surface area contributed by atoms with Gasteiger partial charge in [0.05, 0.1) is 19.6 Å². The van der Waals surface area contributed by atoms with Crippen molar-refractivity contribution in [3.8, 4) is 17.2 Å². The number of aliphatic carboxylic acids is 1. The van der Waals surface area contributed by atoms with Crippen LogP contribution in [0.3, 0.4) is 0 Å². The number of carbonyl (C=O) groups is 3. The molecule has 9 heteroatoms. The third-order valence-electron chi connectivity index (χ3n) is 3.70. The summed E-state index contributed by atoms with van der Waals surface area (Å²) in [6, 6.07) is 2.85. The molecule has 0 aromatic heterocycles. The summed E-state index contributed by atoms with van der Waals surface area (Å²) in [6.45, 7) is 2.97. The van der Waals surface area contributed by atoms with Crippen molar-refractivity contribution in [2.75, 3.05) is 27.4 Å². The molecule has 0 aliphatic carbocycles. The van der Waals surface area contributed by atoms with E-state index in [1.165, 1.54) is 26.4 Å². The van der Waals surface area contributed by atoms with Crippen molar-refractivity contribution in [1.29, 1.82) is 0 Å². The first-order chi connectivity index (χ1) is 12.1. The number of rotatable bonds is 10. The molecule has 0 spiro atoms. The second-order valence-corrected chi connectivity index (χ2v) is 6.16. The first kappa shape index (κ1) is 21.1. The summed E-state index contributed by atoms with van der Waals surface area (Å²) in [5, 5.41) is 11.7. The van der Waals surface area contributed by atoms with Crippen molar-refractivity contribution in [1.82, 2.24) is 5.32 Å². The molecule has 1 aromatic rings. The van der Waals surface area contributed by atoms with Gasteiger partial charge in [-0.15, -0.1) is 0 Å². The van der Waals surface area contributed by atoms with E-state index in [1.54, 1.807) is 13.8 Å². The summed E-state index contributed by atoms with van der Waals surface area (Å²) < 4.78 is 15.6. The minimum atomic E-state index is -0.949. The fraction of sp³-hybridized carbons (Fsp3) is 0.471. The van der Waals surface area contributed by atoms with Gasteiger partial charge in [0.15, 0.2) is 18.1 Å². The van der Waals surface area contributed by atoms with Crippen LogP contribution in [0, 0.1) is 5.41 Å². The number of carboxylic acid groups (broad SMARTS) is 1. The zero-order valence-electron chi connectivity index (χ0n) is 15.3. The third-order valence-corrected chi connectivity index (χ3v) is 3.70. The van der Waals surface area contributed by atoms with E-state index in [0.717, 1.165) is 0 Å². The zero-order valence-corrected chi connectivity index (χ0v) is 15.3. The number of nitrogens with one attached hydrogen (secondary N) is 1. The molecule has 1 rings (SSSR count). The van der Waals surface area contributed by atoms with Gasteiger partial charge in [-0.2, -0.15) is 0 Å². The van der Waals surface area contributed by atoms with Crippen LogP contribution in [0.1, 0.15) is 30.6 Å². The topological polar surface area (TPSA) is 137 Å². The number of ether oxygens (including phenoxy) is 3. The van der Waals surface area contributed by atoms with Crippen LogP contribution >= 0.6 is 0 Å². The molecule has 0 unspecified atom stereocenters. The Morgan fingerprint density at radius 2 is 1.69 bits per heavy atom. The Morgan fingerprint density at radius 3 is 2.12 bits per heavy atom. The molecule has 0 bridgehead atoms. The number of methoxy groups -OCH3 is 2. The van der Waals surface area contributed by atoms with Crippen LogP contribution in [0.15, 0.2) is 12.1 Å². The van der Waals surface area contributed by atoms with E-state index >= 15 is 0 Å². The molecule has 0 heterocycles. The average molecular weight is 368 g/mol. The lowest BCUT2D eigenvalue weighted by Crippen LogP contribution is -2.32. The lowest BCUT2D eigenvalue weighted by molar-refractivity contribution is -0.147. The summed E-state index contributed by atoms with van der Waals surface area (Å²) in [5.74, 6) is -1.49. The SMILES string of the molecule is COc1cc(C(=O)NCCC(C)(C)C(=O)O)cc(OC)c1OCC(N)=O. The predicted molar refractivity (Wildman–Crippen MR) is 92.6 cm³/mol. The highest BCUT2D eigenvalue weighted by molar-refractivity contribution is 5.95. The van der Waals surface area contributed by atoms with E-state index < -0.39 is 23.2 Å². The molecule has 4 N–H and O–H groups in total. The number of carboxylic acids is 1. The molecule has 0 aliphatic heterocycles. The van der Waals surface area contributed by atoms with Crippen LogP contribution in [-0.2, 0) is 9.59 Å². The standard InChI is InChI=1S/C17H24N2O7/c1-17(2,16(22)23)5-6-19-15(21)10-7-11(24-3)14(12(8-10)25-4)26-9-13(18)20/h7-8H,5-6,9H2,1-4H3,(H2,18,20)(H,19,21)(H,22,23). The van der Waals surface area contributed by atoms with Crippen molar-refractivity contribution in [2.24, 2.45) is 11.1 Å². The highest BCUT2D eigenvalue weighted by Gasteiger charge is 2.27. The maximum absolute atomic E-state index is 12.3. The molecule has 0 fully saturated rings. The number of nitrogens with two attached hydrogens (primary N) is 1. The molecule has 0 saturated heterocycles. The number of primary amides is 1. The quantitative estimate of drug-likeness (QED) is 0.555. The van der Waals surface area contributed by atoms with Crippen LogP contribution in [0.5, 0.6) is 17.2 Å². The number of amides is 2. The van der Waals surface area contributed by atoms with E-state index in [2.05, 4.69) is 5.32 Å². The van der Waals surface area contributed by atoms with E-state index in [4.69, 9.17) is 25.1 Å². The molecular weight excluding hydrogens is 344 g/mol. The van der Waals surface area contributed by atoms with Gasteiger partial charge in [-0.1, -0.05) is 0 Å².